The summed E-state index contributed by atoms with van der Waals surface area (Å²) in [5, 5.41) is 2.73. The maximum absolute atomic E-state index is 11.7. The maximum atomic E-state index is 11.7. The first kappa shape index (κ1) is 15.7. The highest BCUT2D eigenvalue weighted by Gasteiger charge is 2.11. The smallest absolute Gasteiger partial charge is 0.239 e. The van der Waals surface area contributed by atoms with Gasteiger partial charge < -0.3 is 15.0 Å². The van der Waals surface area contributed by atoms with Crippen molar-refractivity contribution in [2.45, 2.75) is 0 Å². The first-order valence-corrected chi connectivity index (χ1v) is 6.59. The molecule has 1 aromatic carbocycles. The summed E-state index contributed by atoms with van der Waals surface area (Å²) in [6.07, 6.45) is 0.777. The molecule has 0 aliphatic heterocycles. The third-order valence-electron chi connectivity index (χ3n) is 2.54. The summed E-state index contributed by atoms with van der Waals surface area (Å²) in [7, 11) is 3.35. The summed E-state index contributed by atoms with van der Waals surface area (Å²) < 4.78 is 5.68. The minimum atomic E-state index is -0.112. The van der Waals surface area contributed by atoms with Crippen LogP contribution in [0.3, 0.4) is 0 Å². The van der Waals surface area contributed by atoms with Gasteiger partial charge in [-0.2, -0.15) is 0 Å². The number of anilines is 1. The van der Waals surface area contributed by atoms with E-state index in [0.717, 1.165) is 16.4 Å². The largest absolute Gasteiger partial charge is 0.383 e. The van der Waals surface area contributed by atoms with Crippen LogP contribution in [0.25, 0.3) is 0 Å². The Labute approximate surface area is 121 Å². The number of nitrogens with zero attached hydrogens (tertiary/aromatic N) is 1. The number of likely N-dealkylation sites (N-methyl/N-ethyl adjacent to an activating group) is 1. The summed E-state index contributed by atoms with van der Waals surface area (Å²) in [6, 6.07) is 5.36. The number of rotatable bonds is 7. The number of hydrogen-bond acceptors (Lipinski definition) is 4. The molecule has 6 heteroatoms. The van der Waals surface area contributed by atoms with Gasteiger partial charge in [-0.25, -0.2) is 0 Å². The molecule has 1 N–H and O–H groups in total. The van der Waals surface area contributed by atoms with E-state index in [-0.39, 0.29) is 12.5 Å². The Morgan fingerprint density at radius 2 is 2.26 bits per heavy atom. The second kappa shape index (κ2) is 7.91. The Balaban J connectivity index is 2.64. The van der Waals surface area contributed by atoms with Gasteiger partial charge in [-0.3, -0.25) is 9.59 Å². The Morgan fingerprint density at radius 3 is 2.89 bits per heavy atom. The van der Waals surface area contributed by atoms with E-state index in [9.17, 15) is 9.59 Å². The predicted octanol–water partition coefficient (Wildman–Crippen LogP) is 1.46. The molecule has 1 amide bonds. The van der Waals surface area contributed by atoms with Crippen molar-refractivity contribution >= 4 is 33.8 Å². The van der Waals surface area contributed by atoms with E-state index in [1.165, 1.54) is 0 Å². The normalized spacial score (nSPS) is 10.1. The molecule has 1 rings (SSSR count). The highest BCUT2D eigenvalue weighted by atomic mass is 79.9. The predicted molar refractivity (Wildman–Crippen MR) is 77.7 cm³/mol. The van der Waals surface area contributed by atoms with Crippen LogP contribution in [0.5, 0.6) is 0 Å². The van der Waals surface area contributed by atoms with Crippen LogP contribution in [0, 0.1) is 0 Å². The molecular formula is C13H17BrN2O3. The SMILES string of the molecule is COCCNC(=O)CN(C)c1ccc(Br)cc1C=O. The topological polar surface area (TPSA) is 58.6 Å². The summed E-state index contributed by atoms with van der Waals surface area (Å²) in [4.78, 5) is 24.4. The third kappa shape index (κ3) is 5.00. The molecule has 0 atom stereocenters. The second-order valence-corrected chi connectivity index (χ2v) is 4.94. The Morgan fingerprint density at radius 1 is 1.53 bits per heavy atom. The lowest BCUT2D eigenvalue weighted by Crippen LogP contribution is -2.37. The molecule has 19 heavy (non-hydrogen) atoms. The van der Waals surface area contributed by atoms with Gasteiger partial charge in [0.05, 0.1) is 13.2 Å². The molecule has 5 nitrogen and oxygen atoms in total. The quantitative estimate of drug-likeness (QED) is 0.608. The zero-order chi connectivity index (χ0) is 14.3. The molecule has 0 saturated heterocycles. The highest BCUT2D eigenvalue weighted by molar-refractivity contribution is 9.10. The van der Waals surface area contributed by atoms with Crippen LogP contribution < -0.4 is 10.2 Å². The molecule has 0 fully saturated rings. The van der Waals surface area contributed by atoms with Crippen LogP contribution in [0.4, 0.5) is 5.69 Å². The number of nitrogens with one attached hydrogen (secondary N) is 1. The molecule has 0 aliphatic carbocycles. The minimum absolute atomic E-state index is 0.112. The summed E-state index contributed by atoms with van der Waals surface area (Å²) in [5.74, 6) is -0.112. The summed E-state index contributed by atoms with van der Waals surface area (Å²) >= 11 is 3.31. The zero-order valence-electron chi connectivity index (χ0n) is 11.0. The first-order valence-electron chi connectivity index (χ1n) is 5.80. The van der Waals surface area contributed by atoms with Gasteiger partial charge in [0.1, 0.15) is 0 Å². The number of methoxy groups -OCH3 is 1. The molecular weight excluding hydrogens is 312 g/mol. The lowest BCUT2D eigenvalue weighted by Gasteiger charge is -2.20. The van der Waals surface area contributed by atoms with Crippen LogP contribution in [-0.4, -0.2) is 46.0 Å². The highest BCUT2D eigenvalue weighted by Crippen LogP contribution is 2.22. The van der Waals surface area contributed by atoms with Gasteiger partial charge in [-0.15, -0.1) is 0 Å². The van der Waals surface area contributed by atoms with Crippen molar-refractivity contribution in [1.29, 1.82) is 0 Å². The van der Waals surface area contributed by atoms with E-state index in [2.05, 4.69) is 21.2 Å². The van der Waals surface area contributed by atoms with Crippen LogP contribution in [0.15, 0.2) is 22.7 Å². The second-order valence-electron chi connectivity index (χ2n) is 4.02. The average Bonchev–Trinajstić information content (AvgIpc) is 2.38. The van der Waals surface area contributed by atoms with Crippen molar-refractivity contribution < 1.29 is 14.3 Å². The first-order chi connectivity index (χ1) is 9.08. The molecule has 1 aromatic rings. The van der Waals surface area contributed by atoms with Crippen molar-refractivity contribution in [3.05, 3.63) is 28.2 Å². The molecule has 0 unspecified atom stereocenters. The van der Waals surface area contributed by atoms with Crippen LogP contribution in [-0.2, 0) is 9.53 Å². The van der Waals surface area contributed by atoms with Crippen molar-refractivity contribution in [3.63, 3.8) is 0 Å². The summed E-state index contributed by atoms with van der Waals surface area (Å²) in [5.41, 5.74) is 1.27. The molecule has 0 heterocycles. The lowest BCUT2D eigenvalue weighted by molar-refractivity contribution is -0.119. The van der Waals surface area contributed by atoms with E-state index < -0.39 is 0 Å². The van der Waals surface area contributed by atoms with Gasteiger partial charge in [0.2, 0.25) is 5.91 Å². The number of benzene rings is 1. The number of amides is 1. The van der Waals surface area contributed by atoms with E-state index >= 15 is 0 Å². The monoisotopic (exact) mass is 328 g/mol. The van der Waals surface area contributed by atoms with Crippen LogP contribution in [0.2, 0.25) is 0 Å². The molecule has 0 aliphatic rings. The lowest BCUT2D eigenvalue weighted by atomic mass is 10.2. The number of hydrogen-bond donors (Lipinski definition) is 1. The van der Waals surface area contributed by atoms with Gasteiger partial charge >= 0.3 is 0 Å². The fourth-order valence-corrected chi connectivity index (χ4v) is 2.00. The number of aldehydes is 1. The molecule has 0 spiro atoms. The van der Waals surface area contributed by atoms with E-state index in [1.54, 1.807) is 31.2 Å². The van der Waals surface area contributed by atoms with Gasteiger partial charge in [0.15, 0.2) is 6.29 Å². The van der Waals surface area contributed by atoms with Gasteiger partial charge in [-0.05, 0) is 18.2 Å². The summed E-state index contributed by atoms with van der Waals surface area (Å²) in [6.45, 7) is 1.14. The van der Waals surface area contributed by atoms with Gasteiger partial charge in [0.25, 0.3) is 0 Å². The Bertz CT molecular complexity index is 452. The molecule has 0 radical (unpaired) electrons. The van der Waals surface area contributed by atoms with E-state index in [1.807, 2.05) is 6.07 Å². The zero-order valence-corrected chi connectivity index (χ0v) is 12.6. The van der Waals surface area contributed by atoms with Gasteiger partial charge in [0, 0.05) is 36.4 Å². The minimum Gasteiger partial charge on any atom is -0.383 e. The molecule has 0 bridgehead atoms. The molecule has 0 saturated carbocycles. The number of ether oxygens (including phenoxy) is 1. The van der Waals surface area contributed by atoms with Gasteiger partial charge in [-0.1, -0.05) is 15.9 Å². The molecule has 104 valence electrons. The van der Waals surface area contributed by atoms with E-state index in [4.69, 9.17) is 4.74 Å². The van der Waals surface area contributed by atoms with E-state index in [0.29, 0.717) is 18.7 Å². The number of carbonyl (C=O) groups is 2. The van der Waals surface area contributed by atoms with Crippen LogP contribution >= 0.6 is 15.9 Å². The maximum Gasteiger partial charge on any atom is 0.239 e. The van der Waals surface area contributed by atoms with Crippen molar-refractivity contribution in [1.82, 2.24) is 5.32 Å². The fourth-order valence-electron chi connectivity index (χ4n) is 1.62. The fraction of sp³-hybridized carbons (Fsp3) is 0.385. The van der Waals surface area contributed by atoms with Crippen molar-refractivity contribution in [2.24, 2.45) is 0 Å². The molecule has 0 aromatic heterocycles. The van der Waals surface area contributed by atoms with Crippen molar-refractivity contribution in [3.8, 4) is 0 Å². The third-order valence-corrected chi connectivity index (χ3v) is 3.03. The standard InChI is InChI=1S/C13H17BrN2O3/c1-16(8-13(18)15-5-6-19-2)12-4-3-11(14)7-10(12)9-17/h3-4,7,9H,5-6,8H2,1-2H3,(H,15,18). The number of carbonyl (C=O) groups excluding carboxylic acids is 2. The Kier molecular flexibility index (Phi) is 6.52. The average molecular weight is 329 g/mol. The number of halogens is 1. The van der Waals surface area contributed by atoms with Crippen LogP contribution in [0.1, 0.15) is 10.4 Å². The van der Waals surface area contributed by atoms with Crippen molar-refractivity contribution in [2.75, 3.05) is 38.8 Å². The Hall–Kier alpha value is -1.40.